The summed E-state index contributed by atoms with van der Waals surface area (Å²) in [6, 6.07) is 5.99. The number of unbranched alkanes of at least 4 members (excludes halogenated alkanes) is 1. The minimum Gasteiger partial charge on any atom is -0.343 e. The van der Waals surface area contributed by atoms with E-state index in [-0.39, 0.29) is 27.9 Å². The van der Waals surface area contributed by atoms with E-state index < -0.39 is 10.1 Å². The van der Waals surface area contributed by atoms with Gasteiger partial charge in [-0.25, -0.2) is 0 Å². The molecule has 86 valence electrons. The van der Waals surface area contributed by atoms with Crippen molar-refractivity contribution in [1.82, 2.24) is 0 Å². The Kier molecular flexibility index (Phi) is 10.3. The van der Waals surface area contributed by atoms with Gasteiger partial charge in [0.25, 0.3) is 10.1 Å². The van der Waals surface area contributed by atoms with Gasteiger partial charge in [0.15, 0.2) is 0 Å². The van der Waals surface area contributed by atoms with Crippen LogP contribution in [0.1, 0.15) is 25.3 Å². The van der Waals surface area contributed by atoms with Crippen LogP contribution in [0.5, 0.6) is 0 Å². The van der Waals surface area contributed by atoms with Gasteiger partial charge in [-0.2, -0.15) is 14.8 Å². The van der Waals surface area contributed by atoms with Crippen LogP contribution in [0, 0.1) is 13.8 Å². The van der Waals surface area contributed by atoms with Crippen molar-refractivity contribution in [2.24, 2.45) is 0 Å². The van der Waals surface area contributed by atoms with E-state index in [9.17, 15) is 8.42 Å². The van der Waals surface area contributed by atoms with Crippen molar-refractivity contribution in [2.75, 3.05) is 0 Å². The molecule has 0 aromatic heterocycles. The first kappa shape index (κ1) is 18.3. The Hall–Kier alpha value is -0.104. The Morgan fingerprint density at radius 1 is 1.25 bits per heavy atom. The van der Waals surface area contributed by atoms with Crippen LogP contribution in [0.4, 0.5) is 0 Å². The van der Waals surface area contributed by atoms with E-state index in [1.807, 2.05) is 6.92 Å². The fourth-order valence-corrected chi connectivity index (χ4v) is 1.19. The van der Waals surface area contributed by atoms with Crippen LogP contribution in [0.3, 0.4) is 0 Å². The summed E-state index contributed by atoms with van der Waals surface area (Å²) < 4.78 is 29.6. The molecular weight excluding hydrogens is 236 g/mol. The van der Waals surface area contributed by atoms with Gasteiger partial charge in [-0.15, -0.1) is 0 Å². The predicted octanol–water partition coefficient (Wildman–Crippen LogP) is 2.48. The van der Waals surface area contributed by atoms with Gasteiger partial charge in [0.05, 0.1) is 4.90 Å². The molecule has 0 heterocycles. The molecule has 0 saturated heterocycles. The van der Waals surface area contributed by atoms with Crippen molar-refractivity contribution in [2.45, 2.75) is 31.6 Å². The standard InChI is InChI=1S/C7H8O3S.C4H9.Mg/c1-6-2-4-7(5-3-6)11(8,9)10;1-3-4-2;/h2-5H,1H3,(H,8,9,10);1,3-4H2,2H3;/q;-1;+2. The molecule has 1 aromatic rings. The number of hydrogen-bond donors (Lipinski definition) is 1. The first-order valence-electron chi connectivity index (χ1n) is 4.75. The van der Waals surface area contributed by atoms with Gasteiger partial charge in [-0.3, -0.25) is 4.55 Å². The Labute approximate surface area is 114 Å². The van der Waals surface area contributed by atoms with Crippen molar-refractivity contribution in [3.63, 3.8) is 0 Å². The first-order chi connectivity index (χ1) is 6.91. The van der Waals surface area contributed by atoms with E-state index in [0.29, 0.717) is 0 Å². The molecule has 0 aliphatic rings. The molecule has 1 N–H and O–H groups in total. The van der Waals surface area contributed by atoms with Crippen molar-refractivity contribution in [1.29, 1.82) is 0 Å². The quantitative estimate of drug-likeness (QED) is 0.500. The summed E-state index contributed by atoms with van der Waals surface area (Å²) in [4.78, 5) is -0.0666. The second kappa shape index (κ2) is 8.98. The van der Waals surface area contributed by atoms with Crippen LogP contribution < -0.4 is 0 Å². The molecule has 3 nitrogen and oxygen atoms in total. The largest absolute Gasteiger partial charge is 2.00 e. The molecule has 5 heteroatoms. The number of hydrogen-bond acceptors (Lipinski definition) is 2. The van der Waals surface area contributed by atoms with Gasteiger partial charge in [0, 0.05) is 0 Å². The molecule has 1 aromatic carbocycles. The third kappa shape index (κ3) is 8.10. The molecule has 0 bridgehead atoms. The normalized spacial score (nSPS) is 9.75. The molecule has 0 unspecified atom stereocenters. The van der Waals surface area contributed by atoms with E-state index in [1.54, 1.807) is 12.1 Å². The molecule has 0 spiro atoms. The molecule has 16 heavy (non-hydrogen) atoms. The monoisotopic (exact) mass is 253 g/mol. The topological polar surface area (TPSA) is 54.4 Å². The van der Waals surface area contributed by atoms with Crippen molar-refractivity contribution in [3.8, 4) is 0 Å². The molecule has 0 atom stereocenters. The van der Waals surface area contributed by atoms with Crippen LogP contribution >= 0.6 is 0 Å². The number of aryl methyl sites for hydroxylation is 1. The third-order valence-electron chi connectivity index (χ3n) is 1.67. The zero-order chi connectivity index (χ0) is 11.9. The van der Waals surface area contributed by atoms with Crippen LogP contribution in [0.25, 0.3) is 0 Å². The van der Waals surface area contributed by atoms with E-state index in [1.165, 1.54) is 18.6 Å². The molecule has 0 radical (unpaired) electrons. The minimum absolute atomic E-state index is 0. The van der Waals surface area contributed by atoms with Crippen molar-refractivity contribution < 1.29 is 13.0 Å². The zero-order valence-corrected chi connectivity index (χ0v) is 12.0. The van der Waals surface area contributed by atoms with Crippen LogP contribution in [0.15, 0.2) is 29.2 Å². The van der Waals surface area contributed by atoms with Crippen LogP contribution in [0.2, 0.25) is 0 Å². The summed E-state index contributed by atoms with van der Waals surface area (Å²) in [7, 11) is -4.02. The van der Waals surface area contributed by atoms with Crippen LogP contribution in [-0.2, 0) is 10.1 Å². The van der Waals surface area contributed by atoms with Gasteiger partial charge in [0.1, 0.15) is 0 Å². The Bertz CT molecular complexity index is 369. The van der Waals surface area contributed by atoms with Gasteiger partial charge in [-0.1, -0.05) is 31.0 Å². The van der Waals surface area contributed by atoms with Gasteiger partial charge in [0.2, 0.25) is 0 Å². The molecule has 0 aliphatic carbocycles. The van der Waals surface area contributed by atoms with Crippen molar-refractivity contribution in [3.05, 3.63) is 36.8 Å². The number of rotatable bonds is 2. The number of benzene rings is 1. The maximum Gasteiger partial charge on any atom is 2.00 e. The van der Waals surface area contributed by atoms with Gasteiger partial charge >= 0.3 is 23.1 Å². The Morgan fingerprint density at radius 2 is 1.62 bits per heavy atom. The molecule has 0 amide bonds. The average Bonchev–Trinajstić information content (AvgIpc) is 2.17. The molecular formula is C11H17MgO3S+. The second-order valence-electron chi connectivity index (χ2n) is 3.14. The summed E-state index contributed by atoms with van der Waals surface area (Å²) in [5, 5.41) is 0. The summed E-state index contributed by atoms with van der Waals surface area (Å²) >= 11 is 0. The predicted molar refractivity (Wildman–Crippen MR) is 67.0 cm³/mol. The van der Waals surface area contributed by atoms with Gasteiger partial charge in [-0.05, 0) is 19.1 Å². The zero-order valence-electron chi connectivity index (χ0n) is 9.81. The molecule has 0 saturated carbocycles. The Morgan fingerprint density at radius 3 is 1.88 bits per heavy atom. The minimum atomic E-state index is -4.02. The van der Waals surface area contributed by atoms with E-state index in [0.717, 1.165) is 12.0 Å². The summed E-state index contributed by atoms with van der Waals surface area (Å²) in [6.45, 7) is 7.56. The first-order valence-corrected chi connectivity index (χ1v) is 6.19. The third-order valence-corrected chi connectivity index (χ3v) is 2.54. The maximum absolute atomic E-state index is 10.5. The Balaban J connectivity index is 0. The second-order valence-corrected chi connectivity index (χ2v) is 4.56. The van der Waals surface area contributed by atoms with E-state index in [4.69, 9.17) is 4.55 Å². The summed E-state index contributed by atoms with van der Waals surface area (Å²) in [6.07, 6.45) is 2.28. The smallest absolute Gasteiger partial charge is 0.343 e. The summed E-state index contributed by atoms with van der Waals surface area (Å²) in [5.41, 5.74) is 0.956. The average molecular weight is 254 g/mol. The maximum atomic E-state index is 10.5. The van der Waals surface area contributed by atoms with Crippen LogP contribution in [-0.4, -0.2) is 36.0 Å². The molecule has 0 aliphatic heterocycles. The SMILES string of the molecule is Cc1ccc(S(=O)(=O)O)cc1.[CH2-]CCC.[Mg+2]. The molecule has 0 fully saturated rings. The fourth-order valence-electron chi connectivity index (χ4n) is 0.710. The van der Waals surface area contributed by atoms with Gasteiger partial charge < -0.3 is 6.92 Å². The summed E-state index contributed by atoms with van der Waals surface area (Å²) in [5.74, 6) is 0. The van der Waals surface area contributed by atoms with Crippen molar-refractivity contribution >= 4 is 33.2 Å². The molecule has 1 rings (SSSR count). The fraction of sp³-hybridized carbons (Fsp3) is 0.364. The van der Waals surface area contributed by atoms with E-state index >= 15 is 0 Å². The van der Waals surface area contributed by atoms with E-state index in [2.05, 4.69) is 13.8 Å².